The van der Waals surface area contributed by atoms with Crippen LogP contribution in [-0.4, -0.2) is 83.1 Å². The molecule has 2 heterocycles. The average Bonchev–Trinajstić information content (AvgIpc) is 3.37. The predicted octanol–water partition coefficient (Wildman–Crippen LogP) is 0.838. The van der Waals surface area contributed by atoms with Gasteiger partial charge in [0, 0.05) is 26.5 Å². The highest BCUT2D eigenvalue weighted by molar-refractivity contribution is 7.52. The van der Waals surface area contributed by atoms with Gasteiger partial charge in [0.1, 0.15) is 30.1 Å². The van der Waals surface area contributed by atoms with Gasteiger partial charge in [-0.25, -0.2) is 13.8 Å². The lowest BCUT2D eigenvalue weighted by Crippen LogP contribution is -2.47. The van der Waals surface area contributed by atoms with E-state index in [9.17, 15) is 24.1 Å². The number of alkyl halides is 2. The number of aromatic nitrogens is 2. The Kier molecular flexibility index (Phi) is 8.88. The fraction of sp³-hybridized carbons (Fsp3) is 0.522. The molecule has 17 heteroatoms. The van der Waals surface area contributed by atoms with Gasteiger partial charge < -0.3 is 28.6 Å². The number of carbonyl (C=O) groups excluding carboxylic acids is 1. The first-order chi connectivity index (χ1) is 18.9. The second-order valence-electron chi connectivity index (χ2n) is 9.12. The number of benzene rings is 1. The summed E-state index contributed by atoms with van der Waals surface area (Å²) in [7, 11) is -1.75. The molecule has 1 saturated carbocycles. The van der Waals surface area contributed by atoms with Crippen molar-refractivity contribution in [3.63, 3.8) is 0 Å². The maximum atomic E-state index is 15.8. The second-order valence-corrected chi connectivity index (χ2v) is 11.3. The molecule has 1 aromatic carbocycles. The molecule has 1 saturated heterocycles. The average molecular weight is 608 g/mol. The highest BCUT2D eigenvalue weighted by Gasteiger charge is 2.87. The molecule has 2 fully saturated rings. The van der Waals surface area contributed by atoms with Crippen LogP contribution in [0.25, 0.3) is 0 Å². The number of halogens is 2. The van der Waals surface area contributed by atoms with Crippen molar-refractivity contribution in [2.75, 3.05) is 27.4 Å². The Bertz CT molecular complexity index is 1370. The molecule has 2 unspecified atom stereocenters. The second kappa shape index (κ2) is 11.7. The summed E-state index contributed by atoms with van der Waals surface area (Å²) in [5, 5.41) is 10.3. The maximum Gasteiger partial charge on any atom is 0.459 e. The lowest BCUT2D eigenvalue weighted by Gasteiger charge is -2.30. The first-order valence-corrected chi connectivity index (χ1v) is 13.8. The van der Waals surface area contributed by atoms with E-state index in [1.54, 1.807) is 18.2 Å². The van der Waals surface area contributed by atoms with Crippen LogP contribution in [-0.2, 0) is 32.8 Å². The van der Waals surface area contributed by atoms with Gasteiger partial charge in [-0.3, -0.25) is 23.7 Å². The molecular formula is C23H28ClFN3O11P. The molecule has 0 radical (unpaired) electrons. The number of H-pyrrole nitrogens is 1. The van der Waals surface area contributed by atoms with E-state index in [2.05, 4.69) is 5.09 Å². The smallest absolute Gasteiger partial charge is 0.456 e. The van der Waals surface area contributed by atoms with Crippen molar-refractivity contribution in [2.45, 2.75) is 48.2 Å². The number of nitrogens with zero attached hydrogens (tertiary/aromatic N) is 1. The minimum Gasteiger partial charge on any atom is -0.456 e. The monoisotopic (exact) mass is 607 g/mol. The lowest BCUT2D eigenvalue weighted by atomic mass is 10.1. The Morgan fingerprint density at radius 2 is 1.90 bits per heavy atom. The van der Waals surface area contributed by atoms with Crippen LogP contribution < -0.4 is 20.9 Å². The lowest BCUT2D eigenvalue weighted by molar-refractivity contribution is -0.156. The predicted molar refractivity (Wildman–Crippen MR) is 136 cm³/mol. The van der Waals surface area contributed by atoms with Crippen LogP contribution in [0.3, 0.4) is 0 Å². The maximum absolute atomic E-state index is 15.8. The number of ether oxygens (including phenoxy) is 4. The standard InChI is InChI=1S/C23H28ClFN3O11P/c1-13(19(30)36-15(11-34-2)12-35-3)27-40(33,38-14-7-5-4-6-8-14)39-18-17-22(18,32)23(24,25)20(37-17)28-10-9-16(29)26-21(28)31/h4-10,13,15,17-18,20,32H,11-12H2,1-3H3,(H,27,33)(H,26,29,31)/t13-,17+,18?,20+,22-,23-,40?/m0/s1. The number of aliphatic hydroxyl groups is 1. The largest absolute Gasteiger partial charge is 0.459 e. The van der Waals surface area contributed by atoms with E-state index in [1.807, 2.05) is 4.98 Å². The Hall–Kier alpha value is -2.62. The minimum absolute atomic E-state index is 0.0307. The molecule has 0 amide bonds. The molecule has 1 aromatic heterocycles. The normalized spacial score (nSPS) is 29.4. The van der Waals surface area contributed by atoms with Crippen molar-refractivity contribution in [3.05, 3.63) is 63.4 Å². The van der Waals surface area contributed by atoms with Crippen LogP contribution in [0.1, 0.15) is 13.2 Å². The van der Waals surface area contributed by atoms with Gasteiger partial charge in [-0.1, -0.05) is 29.8 Å². The van der Waals surface area contributed by atoms with Crippen LogP contribution in [0, 0.1) is 0 Å². The van der Waals surface area contributed by atoms with Crippen molar-refractivity contribution in [3.8, 4) is 5.75 Å². The van der Waals surface area contributed by atoms with E-state index < -0.39 is 66.3 Å². The van der Waals surface area contributed by atoms with Crippen LogP contribution in [0.5, 0.6) is 5.75 Å². The number of carbonyl (C=O) groups is 1. The first kappa shape index (κ1) is 30.3. The molecule has 220 valence electrons. The molecule has 0 bridgehead atoms. The van der Waals surface area contributed by atoms with Crippen molar-refractivity contribution >= 4 is 25.3 Å². The summed E-state index contributed by atoms with van der Waals surface area (Å²) >= 11 is 6.05. The minimum atomic E-state index is -4.57. The van der Waals surface area contributed by atoms with E-state index in [-0.39, 0.29) is 19.0 Å². The fourth-order valence-corrected chi connectivity index (χ4v) is 6.25. The third-order valence-corrected chi connectivity index (χ3v) is 8.32. The van der Waals surface area contributed by atoms with Crippen molar-refractivity contribution in [1.29, 1.82) is 0 Å². The number of aromatic amines is 1. The van der Waals surface area contributed by atoms with Gasteiger partial charge in [-0.15, -0.1) is 0 Å². The molecule has 2 aliphatic rings. The Balaban J connectivity index is 1.54. The Morgan fingerprint density at radius 1 is 1.25 bits per heavy atom. The number of para-hydroxylation sites is 1. The summed E-state index contributed by atoms with van der Waals surface area (Å²) in [4.78, 5) is 38.2. The van der Waals surface area contributed by atoms with Crippen molar-refractivity contribution < 1.29 is 46.9 Å². The van der Waals surface area contributed by atoms with E-state index in [0.29, 0.717) is 4.57 Å². The SMILES string of the molecule is COCC(COC)OC(=O)[C@H](C)NP(=O)(Oc1ccccc1)OC1[C@H]2O[C@@H](n3ccc(=O)[nH]c3=O)[C@@](F)(Cl)[C@@]12O. The van der Waals surface area contributed by atoms with E-state index in [4.69, 9.17) is 39.6 Å². The zero-order valence-corrected chi connectivity index (χ0v) is 23.2. The van der Waals surface area contributed by atoms with Gasteiger partial charge >= 0.3 is 19.4 Å². The summed E-state index contributed by atoms with van der Waals surface area (Å²) in [5.74, 6) is -0.801. The first-order valence-electron chi connectivity index (χ1n) is 11.9. The number of hydrogen-bond acceptors (Lipinski definition) is 11. The Morgan fingerprint density at radius 3 is 2.45 bits per heavy atom. The molecule has 3 N–H and O–H groups in total. The molecule has 1 aliphatic carbocycles. The van der Waals surface area contributed by atoms with Gasteiger partial charge in [0.15, 0.2) is 11.8 Å². The highest BCUT2D eigenvalue weighted by Crippen LogP contribution is 2.67. The van der Waals surface area contributed by atoms with E-state index in [0.717, 1.165) is 12.3 Å². The summed E-state index contributed by atoms with van der Waals surface area (Å²) in [5.41, 5.74) is -4.36. The number of fused-ring (bicyclic) bond motifs is 1. The van der Waals surface area contributed by atoms with E-state index >= 15 is 4.39 Å². The van der Waals surface area contributed by atoms with Crippen LogP contribution in [0.2, 0.25) is 0 Å². The van der Waals surface area contributed by atoms with Crippen LogP contribution >= 0.6 is 19.3 Å². The number of esters is 1. The van der Waals surface area contributed by atoms with Gasteiger partial charge in [0.25, 0.3) is 10.7 Å². The van der Waals surface area contributed by atoms with Crippen molar-refractivity contribution in [2.24, 2.45) is 0 Å². The molecule has 0 spiro atoms. The third kappa shape index (κ3) is 5.87. The molecule has 40 heavy (non-hydrogen) atoms. The zero-order valence-electron chi connectivity index (χ0n) is 21.5. The molecule has 2 aromatic rings. The summed E-state index contributed by atoms with van der Waals surface area (Å²) in [6.07, 6.45) is -4.82. The zero-order chi connectivity index (χ0) is 29.3. The number of methoxy groups -OCH3 is 2. The van der Waals surface area contributed by atoms with Crippen LogP contribution in [0.4, 0.5) is 4.39 Å². The summed E-state index contributed by atoms with van der Waals surface area (Å²) in [6.45, 7) is 1.38. The molecule has 1 aliphatic heterocycles. The number of rotatable bonds is 13. The highest BCUT2D eigenvalue weighted by atomic mass is 35.5. The van der Waals surface area contributed by atoms with Crippen molar-refractivity contribution in [1.82, 2.24) is 14.6 Å². The van der Waals surface area contributed by atoms with Crippen LogP contribution in [0.15, 0.2) is 52.2 Å². The fourth-order valence-electron chi connectivity index (χ4n) is 4.17. The molecule has 7 atom stereocenters. The Labute approximate surface area is 231 Å². The number of hydrogen-bond donors (Lipinski definition) is 3. The number of nitrogens with one attached hydrogen (secondary N) is 2. The summed E-state index contributed by atoms with van der Waals surface area (Å²) in [6, 6.07) is 7.38. The molecule has 4 rings (SSSR count). The third-order valence-electron chi connectivity index (χ3n) is 6.17. The van der Waals surface area contributed by atoms with Gasteiger partial charge in [0.2, 0.25) is 0 Å². The van der Waals surface area contributed by atoms with Gasteiger partial charge in [-0.2, -0.15) is 5.09 Å². The van der Waals surface area contributed by atoms with E-state index in [1.165, 1.54) is 33.3 Å². The molecular weight excluding hydrogens is 580 g/mol. The van der Waals surface area contributed by atoms with Gasteiger partial charge in [-0.05, 0) is 19.1 Å². The summed E-state index contributed by atoms with van der Waals surface area (Å²) < 4.78 is 62.2. The quantitative estimate of drug-likeness (QED) is 0.166. The molecule has 14 nitrogen and oxygen atoms in total. The van der Waals surface area contributed by atoms with Gasteiger partial charge in [0.05, 0.1) is 13.2 Å². The topological polar surface area (TPSA) is 177 Å².